The number of anilines is 1. The minimum Gasteiger partial charge on any atom is -0.327 e. The number of hydrogen-bond donors (Lipinski definition) is 2. The molecule has 0 radical (unpaired) electrons. The van der Waals surface area contributed by atoms with E-state index in [4.69, 9.17) is 0 Å². The van der Waals surface area contributed by atoms with Crippen LogP contribution in [0.3, 0.4) is 0 Å². The van der Waals surface area contributed by atoms with Gasteiger partial charge in [-0.1, -0.05) is 12.1 Å². The van der Waals surface area contributed by atoms with Gasteiger partial charge in [-0.15, -0.1) is 11.3 Å². The molecular formula is C19H24N3O2S+. The van der Waals surface area contributed by atoms with Crippen LogP contribution in [-0.4, -0.2) is 49.4 Å². The van der Waals surface area contributed by atoms with Gasteiger partial charge in [0, 0.05) is 5.69 Å². The van der Waals surface area contributed by atoms with E-state index in [1.54, 1.807) is 0 Å². The van der Waals surface area contributed by atoms with E-state index in [2.05, 4.69) is 11.4 Å². The summed E-state index contributed by atoms with van der Waals surface area (Å²) in [5, 5.41) is 4.91. The van der Waals surface area contributed by atoms with Crippen LogP contribution in [0.5, 0.6) is 0 Å². The summed E-state index contributed by atoms with van der Waals surface area (Å²) in [5.74, 6) is 0.131. The van der Waals surface area contributed by atoms with Crippen LogP contribution >= 0.6 is 11.3 Å². The number of carbonyl (C=O) groups excluding carboxylic acids is 2. The van der Waals surface area contributed by atoms with Crippen molar-refractivity contribution in [3.8, 4) is 0 Å². The molecule has 0 spiro atoms. The number of benzene rings is 1. The minimum atomic E-state index is 0.0260. The zero-order valence-corrected chi connectivity index (χ0v) is 15.5. The maximum Gasteiger partial charge on any atom is 0.279 e. The summed E-state index contributed by atoms with van der Waals surface area (Å²) in [4.78, 5) is 28.5. The van der Waals surface area contributed by atoms with Crippen molar-refractivity contribution in [3.63, 3.8) is 0 Å². The van der Waals surface area contributed by atoms with Crippen molar-refractivity contribution < 1.29 is 14.5 Å². The highest BCUT2D eigenvalue weighted by molar-refractivity contribution is 7.12. The van der Waals surface area contributed by atoms with E-state index in [-0.39, 0.29) is 11.8 Å². The Hall–Kier alpha value is -2.18. The monoisotopic (exact) mass is 358 g/mol. The fourth-order valence-electron chi connectivity index (χ4n) is 3.24. The average molecular weight is 358 g/mol. The second kappa shape index (κ2) is 7.80. The molecule has 2 N–H and O–H groups in total. The molecule has 0 bridgehead atoms. The van der Waals surface area contributed by atoms with E-state index < -0.39 is 0 Å². The van der Waals surface area contributed by atoms with E-state index >= 15 is 0 Å². The number of piperazine rings is 1. The highest BCUT2D eigenvalue weighted by atomic mass is 32.1. The lowest BCUT2D eigenvalue weighted by Crippen LogP contribution is -3.15. The Kier molecular flexibility index (Phi) is 5.50. The van der Waals surface area contributed by atoms with Crippen LogP contribution in [0.1, 0.15) is 20.8 Å². The van der Waals surface area contributed by atoms with Gasteiger partial charge in [0.15, 0.2) is 6.54 Å². The van der Waals surface area contributed by atoms with Gasteiger partial charge in [0.2, 0.25) is 0 Å². The molecule has 1 aromatic carbocycles. The summed E-state index contributed by atoms with van der Waals surface area (Å²) >= 11 is 1.48. The normalized spacial score (nSPS) is 15.2. The summed E-state index contributed by atoms with van der Waals surface area (Å²) in [6.07, 6.45) is 0. The fraction of sp³-hybridized carbons (Fsp3) is 0.368. The Morgan fingerprint density at radius 1 is 1.16 bits per heavy atom. The first kappa shape index (κ1) is 17.6. The predicted octanol–water partition coefficient (Wildman–Crippen LogP) is 1.34. The molecule has 1 fully saturated rings. The van der Waals surface area contributed by atoms with E-state index in [0.29, 0.717) is 19.6 Å². The molecule has 1 aromatic heterocycles. The Labute approximate surface area is 152 Å². The molecule has 3 rings (SSSR count). The van der Waals surface area contributed by atoms with Gasteiger partial charge in [0.1, 0.15) is 0 Å². The second-order valence-electron chi connectivity index (χ2n) is 6.62. The molecule has 0 saturated carbocycles. The SMILES string of the molecule is Cc1cc(C)cc(NC(=O)C[NH+]2CCN(C(=O)c3cccs3)CC2)c1. The Balaban J connectivity index is 1.48. The Bertz CT molecular complexity index is 730. The molecule has 2 amide bonds. The van der Waals surface area contributed by atoms with Gasteiger partial charge in [0.25, 0.3) is 11.8 Å². The zero-order chi connectivity index (χ0) is 17.8. The largest absolute Gasteiger partial charge is 0.327 e. The molecule has 5 nitrogen and oxygen atoms in total. The van der Waals surface area contributed by atoms with Gasteiger partial charge in [-0.05, 0) is 48.6 Å². The van der Waals surface area contributed by atoms with Gasteiger partial charge in [0.05, 0.1) is 31.1 Å². The quantitative estimate of drug-likeness (QED) is 0.867. The van der Waals surface area contributed by atoms with Gasteiger partial charge >= 0.3 is 0 Å². The number of amides is 2. The number of carbonyl (C=O) groups is 2. The van der Waals surface area contributed by atoms with Crippen molar-refractivity contribution in [2.24, 2.45) is 0 Å². The van der Waals surface area contributed by atoms with Gasteiger partial charge in [-0.25, -0.2) is 0 Å². The van der Waals surface area contributed by atoms with Crippen LogP contribution in [0.25, 0.3) is 0 Å². The molecule has 1 aliphatic heterocycles. The number of nitrogens with zero attached hydrogens (tertiary/aromatic N) is 1. The summed E-state index contributed by atoms with van der Waals surface area (Å²) in [6.45, 7) is 7.49. The van der Waals surface area contributed by atoms with Gasteiger partial charge in [-0.3, -0.25) is 9.59 Å². The fourth-order valence-corrected chi connectivity index (χ4v) is 3.93. The van der Waals surface area contributed by atoms with Crippen LogP contribution in [-0.2, 0) is 4.79 Å². The van der Waals surface area contributed by atoms with Crippen LogP contribution < -0.4 is 10.2 Å². The topological polar surface area (TPSA) is 53.9 Å². The molecule has 6 heteroatoms. The van der Waals surface area contributed by atoms with Gasteiger partial charge in [-0.2, -0.15) is 0 Å². The van der Waals surface area contributed by atoms with Crippen LogP contribution in [0, 0.1) is 13.8 Å². The zero-order valence-electron chi connectivity index (χ0n) is 14.7. The molecule has 1 aliphatic rings. The molecule has 0 aliphatic carbocycles. The summed E-state index contributed by atoms with van der Waals surface area (Å²) in [7, 11) is 0. The van der Waals surface area contributed by atoms with Crippen molar-refractivity contribution >= 4 is 28.8 Å². The predicted molar refractivity (Wildman–Crippen MR) is 100 cm³/mol. The molecule has 132 valence electrons. The van der Waals surface area contributed by atoms with Crippen LogP contribution in [0.4, 0.5) is 5.69 Å². The molecular weight excluding hydrogens is 334 g/mol. The van der Waals surface area contributed by atoms with Crippen LogP contribution in [0.15, 0.2) is 35.7 Å². The third-order valence-corrected chi connectivity index (χ3v) is 5.26. The molecule has 25 heavy (non-hydrogen) atoms. The third kappa shape index (κ3) is 4.67. The van der Waals surface area contributed by atoms with Crippen molar-refractivity contribution in [2.75, 3.05) is 38.0 Å². The van der Waals surface area contributed by atoms with Crippen molar-refractivity contribution in [3.05, 3.63) is 51.7 Å². The third-order valence-electron chi connectivity index (χ3n) is 4.41. The van der Waals surface area contributed by atoms with E-state index in [1.807, 2.05) is 48.4 Å². The highest BCUT2D eigenvalue weighted by Crippen LogP contribution is 2.13. The second-order valence-corrected chi connectivity index (χ2v) is 7.57. The first-order chi connectivity index (χ1) is 12.0. The first-order valence-electron chi connectivity index (χ1n) is 8.56. The number of quaternary nitrogens is 1. The van der Waals surface area contributed by atoms with E-state index in [0.717, 1.165) is 34.8 Å². The first-order valence-corrected chi connectivity index (χ1v) is 9.44. The molecule has 0 unspecified atom stereocenters. The smallest absolute Gasteiger partial charge is 0.279 e. The minimum absolute atomic E-state index is 0.0260. The Morgan fingerprint density at radius 3 is 2.44 bits per heavy atom. The lowest BCUT2D eigenvalue weighted by atomic mass is 10.1. The maximum atomic E-state index is 12.3. The summed E-state index contributed by atoms with van der Waals surface area (Å²) in [6, 6.07) is 9.82. The van der Waals surface area contributed by atoms with Crippen molar-refractivity contribution in [1.82, 2.24) is 4.90 Å². The lowest BCUT2D eigenvalue weighted by molar-refractivity contribution is -0.895. The molecule has 1 saturated heterocycles. The molecule has 2 heterocycles. The van der Waals surface area contributed by atoms with Crippen molar-refractivity contribution in [2.45, 2.75) is 13.8 Å². The summed E-state index contributed by atoms with van der Waals surface area (Å²) in [5.41, 5.74) is 3.14. The molecule has 0 atom stereocenters. The Morgan fingerprint density at radius 2 is 1.84 bits per heavy atom. The number of aryl methyl sites for hydroxylation is 2. The number of rotatable bonds is 4. The number of thiophene rings is 1. The standard InChI is InChI=1S/C19H23N3O2S/c1-14-10-15(2)12-16(11-14)20-18(23)13-21-5-7-22(8-6-21)19(24)17-4-3-9-25-17/h3-4,9-12H,5-8,13H2,1-2H3,(H,20,23)/p+1. The van der Waals surface area contributed by atoms with Gasteiger partial charge < -0.3 is 15.1 Å². The van der Waals surface area contributed by atoms with Crippen molar-refractivity contribution in [1.29, 1.82) is 0 Å². The molecule has 2 aromatic rings. The average Bonchev–Trinajstić information content (AvgIpc) is 3.08. The lowest BCUT2D eigenvalue weighted by Gasteiger charge is -2.31. The summed E-state index contributed by atoms with van der Waals surface area (Å²) < 4.78 is 0. The van der Waals surface area contributed by atoms with E-state index in [1.165, 1.54) is 16.2 Å². The number of nitrogens with one attached hydrogen (secondary N) is 2. The maximum absolute atomic E-state index is 12.3. The van der Waals surface area contributed by atoms with Crippen LogP contribution in [0.2, 0.25) is 0 Å². The highest BCUT2D eigenvalue weighted by Gasteiger charge is 2.26. The van der Waals surface area contributed by atoms with E-state index in [9.17, 15) is 9.59 Å². The number of hydrogen-bond acceptors (Lipinski definition) is 3.